The summed E-state index contributed by atoms with van der Waals surface area (Å²) in [6, 6.07) is 14.1. The highest BCUT2D eigenvalue weighted by molar-refractivity contribution is 5.99. The molecule has 1 saturated carbocycles. The summed E-state index contributed by atoms with van der Waals surface area (Å²) in [7, 11) is 0. The summed E-state index contributed by atoms with van der Waals surface area (Å²) in [6.45, 7) is 0.437. The molecule has 0 saturated heterocycles. The fraction of sp³-hybridized carbons (Fsp3) is 0.267. The van der Waals surface area contributed by atoms with Crippen LogP contribution in [0.5, 0.6) is 0 Å². The number of benzene rings is 2. The molecule has 92 valence electrons. The highest BCUT2D eigenvalue weighted by atomic mass is 16.2. The molecule has 1 fully saturated rings. The molecule has 3 rings (SSSR count). The van der Waals surface area contributed by atoms with Crippen molar-refractivity contribution in [1.82, 2.24) is 0 Å². The predicted octanol–water partition coefficient (Wildman–Crippen LogP) is 2.52. The van der Waals surface area contributed by atoms with E-state index < -0.39 is 0 Å². The van der Waals surface area contributed by atoms with Gasteiger partial charge in [-0.15, -0.1) is 0 Å². The Morgan fingerprint density at radius 2 is 1.89 bits per heavy atom. The van der Waals surface area contributed by atoms with Crippen molar-refractivity contribution >= 4 is 22.4 Å². The van der Waals surface area contributed by atoms with Gasteiger partial charge in [-0.1, -0.05) is 30.3 Å². The summed E-state index contributed by atoms with van der Waals surface area (Å²) in [4.78, 5) is 12.1. The minimum Gasteiger partial charge on any atom is -0.329 e. The predicted molar refractivity (Wildman–Crippen MR) is 73.3 cm³/mol. The van der Waals surface area contributed by atoms with Gasteiger partial charge in [0.25, 0.3) is 0 Å². The third-order valence-electron chi connectivity index (χ3n) is 3.73. The first kappa shape index (κ1) is 11.2. The van der Waals surface area contributed by atoms with Crippen LogP contribution in [0.15, 0.2) is 42.5 Å². The Kier molecular flexibility index (Phi) is 2.56. The van der Waals surface area contributed by atoms with E-state index in [0.717, 1.165) is 23.9 Å². The van der Waals surface area contributed by atoms with Crippen LogP contribution in [-0.4, -0.2) is 12.5 Å². The average Bonchev–Trinajstić information content (AvgIpc) is 3.19. The molecule has 3 N–H and O–H groups in total. The second-order valence-electron chi connectivity index (χ2n) is 5.00. The van der Waals surface area contributed by atoms with Gasteiger partial charge in [-0.3, -0.25) is 4.79 Å². The molecule has 1 aliphatic carbocycles. The minimum atomic E-state index is -0.300. The zero-order chi connectivity index (χ0) is 12.6. The van der Waals surface area contributed by atoms with Crippen LogP contribution in [0.2, 0.25) is 0 Å². The average molecular weight is 240 g/mol. The third-order valence-corrected chi connectivity index (χ3v) is 3.73. The van der Waals surface area contributed by atoms with Crippen molar-refractivity contribution in [3.8, 4) is 0 Å². The standard InChI is InChI=1S/C15H16N2O/c16-10-15(7-8-15)14(18)17-13-6-5-11-3-1-2-4-12(11)9-13/h1-6,9H,7-8,10,16H2,(H,17,18). The van der Waals surface area contributed by atoms with Crippen LogP contribution in [0.4, 0.5) is 5.69 Å². The molecular weight excluding hydrogens is 224 g/mol. The number of fused-ring (bicyclic) bond motifs is 1. The van der Waals surface area contributed by atoms with Crippen molar-refractivity contribution in [2.75, 3.05) is 11.9 Å². The van der Waals surface area contributed by atoms with E-state index in [1.54, 1.807) is 0 Å². The van der Waals surface area contributed by atoms with E-state index in [-0.39, 0.29) is 11.3 Å². The molecule has 0 spiro atoms. The van der Waals surface area contributed by atoms with Gasteiger partial charge in [0.15, 0.2) is 0 Å². The van der Waals surface area contributed by atoms with E-state index in [1.807, 2.05) is 36.4 Å². The fourth-order valence-corrected chi connectivity index (χ4v) is 2.21. The summed E-state index contributed by atoms with van der Waals surface area (Å²) in [5, 5.41) is 5.28. The number of hydrogen-bond donors (Lipinski definition) is 2. The van der Waals surface area contributed by atoms with Crippen LogP contribution in [0.1, 0.15) is 12.8 Å². The summed E-state index contributed by atoms with van der Waals surface area (Å²) in [6.07, 6.45) is 1.81. The monoisotopic (exact) mass is 240 g/mol. The number of amides is 1. The lowest BCUT2D eigenvalue weighted by molar-refractivity contribution is -0.120. The van der Waals surface area contributed by atoms with Gasteiger partial charge in [0.05, 0.1) is 5.41 Å². The van der Waals surface area contributed by atoms with Gasteiger partial charge in [-0.2, -0.15) is 0 Å². The smallest absolute Gasteiger partial charge is 0.231 e. The lowest BCUT2D eigenvalue weighted by atomic mass is 10.1. The lowest BCUT2D eigenvalue weighted by Crippen LogP contribution is -2.30. The van der Waals surface area contributed by atoms with E-state index in [9.17, 15) is 4.79 Å². The Hall–Kier alpha value is -1.87. The van der Waals surface area contributed by atoms with E-state index in [4.69, 9.17) is 5.73 Å². The molecule has 1 aliphatic rings. The quantitative estimate of drug-likeness (QED) is 0.866. The van der Waals surface area contributed by atoms with Gasteiger partial charge in [0.2, 0.25) is 5.91 Å². The molecule has 3 nitrogen and oxygen atoms in total. The summed E-state index contributed by atoms with van der Waals surface area (Å²) in [5.74, 6) is 0.0558. The second-order valence-corrected chi connectivity index (χ2v) is 5.00. The molecule has 0 unspecified atom stereocenters. The Morgan fingerprint density at radius 3 is 2.56 bits per heavy atom. The highest BCUT2D eigenvalue weighted by Gasteiger charge is 2.48. The molecule has 0 radical (unpaired) electrons. The topological polar surface area (TPSA) is 55.1 Å². The summed E-state index contributed by atoms with van der Waals surface area (Å²) in [5.41, 5.74) is 6.20. The van der Waals surface area contributed by atoms with Crippen LogP contribution in [0, 0.1) is 5.41 Å². The van der Waals surface area contributed by atoms with Crippen LogP contribution in [-0.2, 0) is 4.79 Å². The SMILES string of the molecule is NCC1(C(=O)Nc2ccc3ccccc3c2)CC1. The number of rotatable bonds is 3. The maximum absolute atomic E-state index is 12.1. The first-order valence-corrected chi connectivity index (χ1v) is 6.24. The number of anilines is 1. The van der Waals surface area contributed by atoms with Crippen LogP contribution >= 0.6 is 0 Å². The number of hydrogen-bond acceptors (Lipinski definition) is 2. The largest absolute Gasteiger partial charge is 0.329 e. The molecule has 0 atom stereocenters. The van der Waals surface area contributed by atoms with Gasteiger partial charge < -0.3 is 11.1 Å². The van der Waals surface area contributed by atoms with E-state index >= 15 is 0 Å². The van der Waals surface area contributed by atoms with E-state index in [0.29, 0.717) is 6.54 Å². The molecule has 3 heteroatoms. The Labute approximate surface area is 106 Å². The van der Waals surface area contributed by atoms with Crippen LogP contribution in [0.3, 0.4) is 0 Å². The Balaban J connectivity index is 1.85. The number of carbonyl (C=O) groups excluding carboxylic acids is 1. The number of nitrogens with one attached hydrogen (secondary N) is 1. The third kappa shape index (κ3) is 1.87. The first-order chi connectivity index (χ1) is 8.73. The molecule has 1 amide bonds. The fourth-order valence-electron chi connectivity index (χ4n) is 2.21. The van der Waals surface area contributed by atoms with Crippen molar-refractivity contribution < 1.29 is 4.79 Å². The number of carbonyl (C=O) groups is 1. The highest BCUT2D eigenvalue weighted by Crippen LogP contribution is 2.45. The molecule has 2 aromatic rings. The van der Waals surface area contributed by atoms with Crippen LogP contribution < -0.4 is 11.1 Å². The maximum atomic E-state index is 12.1. The molecule has 0 aromatic heterocycles. The molecule has 0 bridgehead atoms. The van der Waals surface area contributed by atoms with Crippen molar-refractivity contribution in [2.45, 2.75) is 12.8 Å². The Morgan fingerprint density at radius 1 is 1.17 bits per heavy atom. The molecular formula is C15H16N2O. The van der Waals surface area contributed by atoms with Gasteiger partial charge in [0, 0.05) is 12.2 Å². The Bertz CT molecular complexity index is 602. The molecule has 0 aliphatic heterocycles. The first-order valence-electron chi connectivity index (χ1n) is 6.24. The second kappa shape index (κ2) is 4.10. The van der Waals surface area contributed by atoms with Crippen molar-refractivity contribution in [3.63, 3.8) is 0 Å². The lowest BCUT2D eigenvalue weighted by Gasteiger charge is -2.13. The van der Waals surface area contributed by atoms with Crippen molar-refractivity contribution in [3.05, 3.63) is 42.5 Å². The van der Waals surface area contributed by atoms with Gasteiger partial charge in [-0.05, 0) is 35.7 Å². The number of nitrogens with two attached hydrogens (primary N) is 1. The van der Waals surface area contributed by atoms with Gasteiger partial charge >= 0.3 is 0 Å². The summed E-state index contributed by atoms with van der Waals surface area (Å²) >= 11 is 0. The maximum Gasteiger partial charge on any atom is 0.231 e. The normalized spacial score (nSPS) is 16.5. The summed E-state index contributed by atoms with van der Waals surface area (Å²) < 4.78 is 0. The zero-order valence-corrected chi connectivity index (χ0v) is 10.1. The van der Waals surface area contributed by atoms with Crippen LogP contribution in [0.25, 0.3) is 10.8 Å². The van der Waals surface area contributed by atoms with Gasteiger partial charge in [-0.25, -0.2) is 0 Å². The molecule has 0 heterocycles. The zero-order valence-electron chi connectivity index (χ0n) is 10.1. The minimum absolute atomic E-state index is 0.0558. The van der Waals surface area contributed by atoms with E-state index in [1.165, 1.54) is 5.39 Å². The molecule has 18 heavy (non-hydrogen) atoms. The van der Waals surface area contributed by atoms with Gasteiger partial charge in [0.1, 0.15) is 0 Å². The van der Waals surface area contributed by atoms with Crippen molar-refractivity contribution in [2.24, 2.45) is 11.1 Å². The van der Waals surface area contributed by atoms with Crippen molar-refractivity contribution in [1.29, 1.82) is 0 Å². The molecule has 2 aromatic carbocycles. The van der Waals surface area contributed by atoms with E-state index in [2.05, 4.69) is 11.4 Å².